The Hall–Kier alpha value is -2.08. The number of ether oxygens (including phenoxy) is 2. The fourth-order valence-electron chi connectivity index (χ4n) is 4.35. The zero-order valence-corrected chi connectivity index (χ0v) is 21.5. The van der Waals surface area contributed by atoms with Gasteiger partial charge in [-0.2, -0.15) is 0 Å². The lowest BCUT2D eigenvalue weighted by atomic mass is 10.2. The molecule has 33 heavy (non-hydrogen) atoms. The molecular weight excluding hydrogens is 537 g/mol. The predicted molar refractivity (Wildman–Crippen MR) is 137 cm³/mol. The summed E-state index contributed by atoms with van der Waals surface area (Å²) < 4.78 is 11.1. The van der Waals surface area contributed by atoms with E-state index in [1.165, 1.54) is 0 Å². The average molecular weight is 571 g/mol. The largest absolute Gasteiger partial charge is 0.482 e. The molecule has 3 aliphatic rings. The van der Waals surface area contributed by atoms with Crippen LogP contribution in [0, 0.1) is 0 Å². The number of guanidine groups is 1. The summed E-state index contributed by atoms with van der Waals surface area (Å²) in [4.78, 5) is 35.6. The Kier molecular flexibility index (Phi) is 9.60. The fraction of sp³-hybridized carbons (Fsp3) is 0.609. The Bertz CT molecular complexity index is 838. The Balaban J connectivity index is 0.00000306. The van der Waals surface area contributed by atoms with Crippen molar-refractivity contribution in [2.75, 3.05) is 63.9 Å². The van der Waals surface area contributed by atoms with Gasteiger partial charge in [0.15, 0.2) is 12.6 Å². The lowest BCUT2D eigenvalue weighted by Crippen LogP contribution is -2.55. The van der Waals surface area contributed by atoms with E-state index < -0.39 is 0 Å². The Morgan fingerprint density at radius 1 is 1.18 bits per heavy atom. The van der Waals surface area contributed by atoms with Crippen LogP contribution in [0.4, 0.5) is 5.69 Å². The number of nitrogens with zero attached hydrogens (tertiary/aromatic N) is 4. The topological polar surface area (TPSA) is 86.7 Å². The second-order valence-corrected chi connectivity index (χ2v) is 8.20. The highest BCUT2D eigenvalue weighted by Gasteiger charge is 2.31. The Labute approximate surface area is 212 Å². The molecule has 0 aliphatic carbocycles. The van der Waals surface area contributed by atoms with Crippen molar-refractivity contribution in [2.45, 2.75) is 32.3 Å². The number of rotatable bonds is 6. The fourth-order valence-corrected chi connectivity index (χ4v) is 4.35. The number of hydrogen-bond donors (Lipinski definition) is 1. The van der Waals surface area contributed by atoms with Gasteiger partial charge in [-0.25, -0.2) is 0 Å². The highest BCUT2D eigenvalue weighted by Crippen LogP contribution is 2.31. The third-order valence-corrected chi connectivity index (χ3v) is 6.04. The first-order chi connectivity index (χ1) is 15.7. The molecule has 2 amide bonds. The molecular formula is C23H34IN5O4. The molecule has 0 bridgehead atoms. The summed E-state index contributed by atoms with van der Waals surface area (Å²) in [6.07, 6.45) is 2.30. The highest BCUT2D eigenvalue weighted by molar-refractivity contribution is 14.0. The van der Waals surface area contributed by atoms with Crippen LogP contribution in [0.2, 0.25) is 0 Å². The quantitative estimate of drug-likeness (QED) is 0.242. The van der Waals surface area contributed by atoms with Crippen molar-refractivity contribution in [3.05, 3.63) is 24.3 Å². The van der Waals surface area contributed by atoms with E-state index in [1.807, 2.05) is 29.2 Å². The van der Waals surface area contributed by atoms with Crippen LogP contribution in [0.1, 0.15) is 26.2 Å². The normalized spacial score (nSPS) is 20.8. The molecule has 1 unspecified atom stereocenters. The van der Waals surface area contributed by atoms with Crippen LogP contribution in [0.15, 0.2) is 29.3 Å². The molecule has 182 valence electrons. The minimum absolute atomic E-state index is 0. The van der Waals surface area contributed by atoms with Gasteiger partial charge in [-0.05, 0) is 38.3 Å². The lowest BCUT2D eigenvalue weighted by molar-refractivity contribution is -0.142. The van der Waals surface area contributed by atoms with Gasteiger partial charge < -0.3 is 29.5 Å². The minimum atomic E-state index is -0.253. The first kappa shape index (κ1) is 25.5. The molecule has 3 heterocycles. The van der Waals surface area contributed by atoms with E-state index in [4.69, 9.17) is 14.5 Å². The first-order valence-corrected chi connectivity index (χ1v) is 11.6. The summed E-state index contributed by atoms with van der Waals surface area (Å²) in [5.74, 6) is 1.72. The molecule has 0 aromatic heterocycles. The van der Waals surface area contributed by atoms with E-state index in [1.54, 1.807) is 4.90 Å². The van der Waals surface area contributed by atoms with E-state index in [0.717, 1.165) is 56.3 Å². The van der Waals surface area contributed by atoms with E-state index >= 15 is 0 Å². The van der Waals surface area contributed by atoms with Crippen molar-refractivity contribution in [3.63, 3.8) is 0 Å². The Morgan fingerprint density at radius 2 is 1.94 bits per heavy atom. The second-order valence-electron chi connectivity index (χ2n) is 8.20. The number of carbonyl (C=O) groups excluding carboxylic acids is 2. The van der Waals surface area contributed by atoms with Crippen LogP contribution >= 0.6 is 24.0 Å². The van der Waals surface area contributed by atoms with Crippen LogP contribution < -0.4 is 15.0 Å². The van der Waals surface area contributed by atoms with Crippen molar-refractivity contribution in [1.29, 1.82) is 0 Å². The molecule has 4 rings (SSSR count). The van der Waals surface area contributed by atoms with Crippen LogP contribution in [0.25, 0.3) is 0 Å². The summed E-state index contributed by atoms with van der Waals surface area (Å²) in [6, 6.07) is 7.63. The maximum Gasteiger partial charge on any atom is 0.265 e. The number of benzene rings is 1. The van der Waals surface area contributed by atoms with Crippen LogP contribution in [0.5, 0.6) is 5.75 Å². The number of fused-ring (bicyclic) bond motifs is 1. The molecule has 1 N–H and O–H groups in total. The number of carbonyl (C=O) groups is 2. The van der Waals surface area contributed by atoms with Gasteiger partial charge >= 0.3 is 0 Å². The van der Waals surface area contributed by atoms with Gasteiger partial charge in [0.25, 0.3) is 11.8 Å². The lowest BCUT2D eigenvalue weighted by Gasteiger charge is -2.37. The second kappa shape index (κ2) is 12.4. The summed E-state index contributed by atoms with van der Waals surface area (Å²) in [5, 5.41) is 3.36. The number of hydrogen-bond acceptors (Lipinski definition) is 5. The van der Waals surface area contributed by atoms with Crippen molar-refractivity contribution >= 4 is 47.4 Å². The zero-order chi connectivity index (χ0) is 22.3. The summed E-state index contributed by atoms with van der Waals surface area (Å²) >= 11 is 0. The number of halogens is 1. The molecule has 1 aromatic rings. The van der Waals surface area contributed by atoms with Crippen LogP contribution in [-0.4, -0.2) is 92.7 Å². The van der Waals surface area contributed by atoms with E-state index in [0.29, 0.717) is 32.8 Å². The van der Waals surface area contributed by atoms with Crippen molar-refractivity contribution in [2.24, 2.45) is 4.99 Å². The summed E-state index contributed by atoms with van der Waals surface area (Å²) in [6.45, 7) is 7.69. The SMILES string of the molecule is CCNC(=NCCCN1C(=O)COc2ccccc21)N1CCN(C(=O)C2CCCO2)CC1.I. The molecule has 3 aliphatic heterocycles. The minimum Gasteiger partial charge on any atom is -0.482 e. The van der Waals surface area contributed by atoms with Crippen molar-refractivity contribution in [1.82, 2.24) is 15.1 Å². The van der Waals surface area contributed by atoms with E-state index in [9.17, 15) is 9.59 Å². The molecule has 1 aromatic carbocycles. The zero-order valence-electron chi connectivity index (χ0n) is 19.2. The maximum atomic E-state index is 12.6. The number of piperazine rings is 1. The van der Waals surface area contributed by atoms with Crippen LogP contribution in [0.3, 0.4) is 0 Å². The highest BCUT2D eigenvalue weighted by atomic mass is 127. The average Bonchev–Trinajstić information content (AvgIpc) is 3.37. The molecule has 9 nitrogen and oxygen atoms in total. The van der Waals surface area contributed by atoms with Gasteiger partial charge in [0.2, 0.25) is 0 Å². The van der Waals surface area contributed by atoms with Gasteiger partial charge in [-0.3, -0.25) is 14.6 Å². The van der Waals surface area contributed by atoms with E-state index in [-0.39, 0.29) is 48.5 Å². The van der Waals surface area contributed by atoms with Crippen molar-refractivity contribution < 1.29 is 19.1 Å². The smallest absolute Gasteiger partial charge is 0.265 e. The number of nitrogens with one attached hydrogen (secondary N) is 1. The van der Waals surface area contributed by atoms with Gasteiger partial charge in [0.1, 0.15) is 11.9 Å². The van der Waals surface area contributed by atoms with Gasteiger partial charge in [0, 0.05) is 52.4 Å². The Morgan fingerprint density at radius 3 is 2.67 bits per heavy atom. The molecule has 10 heteroatoms. The van der Waals surface area contributed by atoms with Crippen LogP contribution in [-0.2, 0) is 14.3 Å². The van der Waals surface area contributed by atoms with Gasteiger partial charge in [-0.1, -0.05) is 12.1 Å². The summed E-state index contributed by atoms with van der Waals surface area (Å²) in [5.41, 5.74) is 0.826. The molecule has 0 spiro atoms. The first-order valence-electron chi connectivity index (χ1n) is 11.6. The number of para-hydroxylation sites is 2. The monoisotopic (exact) mass is 571 g/mol. The molecule has 2 saturated heterocycles. The standard InChI is InChI=1S/C23H33N5O4.HI/c1-2-24-23(27-14-12-26(13-15-27)22(30)20-9-5-16-31-20)25-10-6-11-28-18-7-3-4-8-19(18)32-17-21(28)29;/h3-4,7-8,20H,2,5-6,9-17H2,1H3,(H,24,25);1H. The molecule has 1 atom stereocenters. The number of amides is 2. The molecule has 2 fully saturated rings. The predicted octanol–water partition coefficient (Wildman–Crippen LogP) is 1.71. The third-order valence-electron chi connectivity index (χ3n) is 6.04. The number of aliphatic imine (C=N–C) groups is 1. The van der Waals surface area contributed by atoms with Gasteiger partial charge in [-0.15, -0.1) is 24.0 Å². The summed E-state index contributed by atoms with van der Waals surface area (Å²) in [7, 11) is 0. The maximum absolute atomic E-state index is 12.6. The third kappa shape index (κ3) is 6.28. The van der Waals surface area contributed by atoms with E-state index in [2.05, 4.69) is 17.1 Å². The molecule has 0 saturated carbocycles. The van der Waals surface area contributed by atoms with Crippen molar-refractivity contribution in [3.8, 4) is 5.75 Å². The number of anilines is 1. The molecule has 0 radical (unpaired) electrons. The van der Waals surface area contributed by atoms with Gasteiger partial charge in [0.05, 0.1) is 5.69 Å².